The number of rotatable bonds is 6. The number of ketones is 1. The van der Waals surface area contributed by atoms with Crippen LogP contribution in [0.3, 0.4) is 0 Å². The number of benzene rings is 2. The molecule has 2 N–H and O–H groups in total. The van der Waals surface area contributed by atoms with E-state index < -0.39 is 0 Å². The lowest BCUT2D eigenvalue weighted by Crippen LogP contribution is -2.06. The van der Waals surface area contributed by atoms with Gasteiger partial charge in [-0.15, -0.1) is 0 Å². The summed E-state index contributed by atoms with van der Waals surface area (Å²) in [4.78, 5) is 12.9. The minimum Gasteiger partial charge on any atom is -0.494 e. The molecule has 0 aliphatic rings. The standard InChI is InChI=1S/C20H21NO3/c1-13-4-9-18-17(12-13)19(14(2)24-18)20(22)15-5-7-16(8-6-15)23-11-3-10-21/h4-9,12H,3,10-11,21H2,1-2H3. The Balaban J connectivity index is 1.89. The second-order valence-electron chi connectivity index (χ2n) is 5.88. The highest BCUT2D eigenvalue weighted by Gasteiger charge is 2.19. The average Bonchev–Trinajstić information content (AvgIpc) is 2.90. The SMILES string of the molecule is Cc1ccc2oc(C)c(C(=O)c3ccc(OCCCN)cc3)c2c1. The van der Waals surface area contributed by atoms with Crippen LogP contribution < -0.4 is 10.5 Å². The molecule has 0 amide bonds. The van der Waals surface area contributed by atoms with Crippen LogP contribution in [0.1, 0.15) is 33.7 Å². The molecule has 24 heavy (non-hydrogen) atoms. The molecule has 0 fully saturated rings. The summed E-state index contributed by atoms with van der Waals surface area (Å²) in [5.41, 5.74) is 8.53. The van der Waals surface area contributed by atoms with Crippen molar-refractivity contribution < 1.29 is 13.9 Å². The van der Waals surface area contributed by atoms with Gasteiger partial charge in [0.2, 0.25) is 0 Å². The highest BCUT2D eigenvalue weighted by atomic mass is 16.5. The van der Waals surface area contributed by atoms with E-state index in [4.69, 9.17) is 14.9 Å². The van der Waals surface area contributed by atoms with Gasteiger partial charge in [0.25, 0.3) is 0 Å². The van der Waals surface area contributed by atoms with Crippen molar-refractivity contribution in [1.29, 1.82) is 0 Å². The molecule has 3 rings (SSSR count). The zero-order valence-electron chi connectivity index (χ0n) is 14.0. The van der Waals surface area contributed by atoms with E-state index in [1.165, 1.54) is 0 Å². The molecule has 4 heteroatoms. The minimum atomic E-state index is -0.0367. The van der Waals surface area contributed by atoms with Gasteiger partial charge in [0, 0.05) is 10.9 Å². The van der Waals surface area contributed by atoms with Crippen LogP contribution in [0, 0.1) is 13.8 Å². The van der Waals surface area contributed by atoms with E-state index in [1.807, 2.05) is 44.2 Å². The Morgan fingerprint density at radius 1 is 1.12 bits per heavy atom. The number of nitrogens with two attached hydrogens (primary N) is 1. The van der Waals surface area contributed by atoms with E-state index in [0.29, 0.717) is 30.0 Å². The smallest absolute Gasteiger partial charge is 0.197 e. The molecule has 0 bridgehead atoms. The van der Waals surface area contributed by atoms with Gasteiger partial charge in [0.15, 0.2) is 5.78 Å². The fourth-order valence-corrected chi connectivity index (χ4v) is 2.74. The molecule has 1 heterocycles. The van der Waals surface area contributed by atoms with E-state index in [-0.39, 0.29) is 5.78 Å². The maximum absolute atomic E-state index is 12.9. The van der Waals surface area contributed by atoms with Gasteiger partial charge in [-0.3, -0.25) is 4.79 Å². The van der Waals surface area contributed by atoms with Gasteiger partial charge in [-0.2, -0.15) is 0 Å². The third kappa shape index (κ3) is 3.19. The lowest BCUT2D eigenvalue weighted by Gasteiger charge is -2.06. The van der Waals surface area contributed by atoms with E-state index in [2.05, 4.69) is 0 Å². The second-order valence-corrected chi connectivity index (χ2v) is 5.88. The summed E-state index contributed by atoms with van der Waals surface area (Å²) < 4.78 is 11.3. The summed E-state index contributed by atoms with van der Waals surface area (Å²) in [5.74, 6) is 1.35. The van der Waals surface area contributed by atoms with E-state index in [9.17, 15) is 4.79 Å². The van der Waals surface area contributed by atoms with Crippen molar-refractivity contribution in [3.8, 4) is 5.75 Å². The van der Waals surface area contributed by atoms with Crippen molar-refractivity contribution in [2.75, 3.05) is 13.2 Å². The van der Waals surface area contributed by atoms with Crippen LogP contribution in [-0.4, -0.2) is 18.9 Å². The molecule has 0 aliphatic heterocycles. The van der Waals surface area contributed by atoms with Crippen molar-refractivity contribution in [1.82, 2.24) is 0 Å². The molecular formula is C20H21NO3. The summed E-state index contributed by atoms with van der Waals surface area (Å²) in [7, 11) is 0. The van der Waals surface area contributed by atoms with Gasteiger partial charge in [0.05, 0.1) is 12.2 Å². The van der Waals surface area contributed by atoms with Crippen LogP contribution in [0.4, 0.5) is 0 Å². The summed E-state index contributed by atoms with van der Waals surface area (Å²) in [6, 6.07) is 13.1. The molecule has 0 saturated carbocycles. The third-order valence-corrected chi connectivity index (χ3v) is 3.98. The van der Waals surface area contributed by atoms with Gasteiger partial charge < -0.3 is 14.9 Å². The number of hydrogen-bond acceptors (Lipinski definition) is 4. The first kappa shape index (κ1) is 16.3. The summed E-state index contributed by atoms with van der Waals surface area (Å²) >= 11 is 0. The zero-order chi connectivity index (χ0) is 17.1. The highest BCUT2D eigenvalue weighted by Crippen LogP contribution is 2.29. The predicted molar refractivity (Wildman–Crippen MR) is 94.7 cm³/mol. The van der Waals surface area contributed by atoms with Crippen LogP contribution in [0.2, 0.25) is 0 Å². The van der Waals surface area contributed by atoms with E-state index in [0.717, 1.165) is 28.7 Å². The van der Waals surface area contributed by atoms with Crippen LogP contribution in [-0.2, 0) is 0 Å². The van der Waals surface area contributed by atoms with Gasteiger partial charge >= 0.3 is 0 Å². The number of furan rings is 1. The third-order valence-electron chi connectivity index (χ3n) is 3.98. The Morgan fingerprint density at radius 3 is 2.58 bits per heavy atom. The molecule has 0 saturated heterocycles. The zero-order valence-corrected chi connectivity index (χ0v) is 14.0. The highest BCUT2D eigenvalue weighted by molar-refractivity contribution is 6.16. The Labute approximate surface area is 141 Å². The molecule has 0 radical (unpaired) electrons. The lowest BCUT2D eigenvalue weighted by atomic mass is 9.99. The lowest BCUT2D eigenvalue weighted by molar-refractivity contribution is 0.103. The molecule has 2 aromatic carbocycles. The number of fused-ring (bicyclic) bond motifs is 1. The average molecular weight is 323 g/mol. The molecule has 3 aromatic rings. The first-order chi connectivity index (χ1) is 11.6. The fraction of sp³-hybridized carbons (Fsp3) is 0.250. The molecule has 0 spiro atoms. The Hall–Kier alpha value is -2.59. The van der Waals surface area contributed by atoms with Gasteiger partial charge in [-0.25, -0.2) is 0 Å². The van der Waals surface area contributed by atoms with Crippen LogP contribution in [0.5, 0.6) is 5.75 Å². The predicted octanol–water partition coefficient (Wildman–Crippen LogP) is 4.01. The van der Waals surface area contributed by atoms with Crippen LogP contribution in [0.25, 0.3) is 11.0 Å². The van der Waals surface area contributed by atoms with Crippen molar-refractivity contribution >= 4 is 16.8 Å². The monoisotopic (exact) mass is 323 g/mol. The first-order valence-electron chi connectivity index (χ1n) is 8.07. The Bertz CT molecular complexity index is 862. The largest absolute Gasteiger partial charge is 0.494 e. The maximum atomic E-state index is 12.9. The molecule has 4 nitrogen and oxygen atoms in total. The summed E-state index contributed by atoms with van der Waals surface area (Å²) in [6.45, 7) is 5.01. The van der Waals surface area contributed by atoms with Crippen LogP contribution >= 0.6 is 0 Å². The maximum Gasteiger partial charge on any atom is 0.197 e. The Morgan fingerprint density at radius 2 is 1.88 bits per heavy atom. The topological polar surface area (TPSA) is 65.5 Å². The molecule has 0 aliphatic carbocycles. The van der Waals surface area contributed by atoms with E-state index in [1.54, 1.807) is 12.1 Å². The number of ether oxygens (including phenoxy) is 1. The van der Waals surface area contributed by atoms with E-state index >= 15 is 0 Å². The number of carbonyl (C=O) groups excluding carboxylic acids is 1. The number of aryl methyl sites for hydroxylation is 2. The van der Waals surface area contributed by atoms with Crippen LogP contribution in [0.15, 0.2) is 46.9 Å². The first-order valence-corrected chi connectivity index (χ1v) is 8.07. The fourth-order valence-electron chi connectivity index (χ4n) is 2.74. The van der Waals surface area contributed by atoms with Crippen molar-refractivity contribution in [2.24, 2.45) is 5.73 Å². The molecular weight excluding hydrogens is 302 g/mol. The second kappa shape index (κ2) is 6.89. The molecule has 1 aromatic heterocycles. The molecule has 0 unspecified atom stereocenters. The quantitative estimate of drug-likeness (QED) is 0.550. The van der Waals surface area contributed by atoms with Gasteiger partial charge in [0.1, 0.15) is 17.1 Å². The van der Waals surface area contributed by atoms with Gasteiger partial charge in [-0.05, 0) is 63.2 Å². The molecule has 0 atom stereocenters. The Kier molecular flexibility index (Phi) is 4.67. The summed E-state index contributed by atoms with van der Waals surface area (Å²) in [5, 5.41) is 0.862. The number of hydrogen-bond donors (Lipinski definition) is 1. The minimum absolute atomic E-state index is 0.0367. The summed E-state index contributed by atoms with van der Waals surface area (Å²) in [6.07, 6.45) is 0.806. The molecule has 124 valence electrons. The normalized spacial score (nSPS) is 11.0. The number of carbonyl (C=O) groups is 1. The van der Waals surface area contributed by atoms with Crippen molar-refractivity contribution in [3.63, 3.8) is 0 Å². The van der Waals surface area contributed by atoms with Gasteiger partial charge in [-0.1, -0.05) is 11.6 Å². The van der Waals surface area contributed by atoms with Crippen molar-refractivity contribution in [3.05, 3.63) is 64.9 Å². The van der Waals surface area contributed by atoms with Crippen molar-refractivity contribution in [2.45, 2.75) is 20.3 Å².